The van der Waals surface area contributed by atoms with E-state index in [9.17, 15) is 9.59 Å². The third-order valence-electron chi connectivity index (χ3n) is 3.98. The maximum Gasteiger partial charge on any atom is 0.280 e. The van der Waals surface area contributed by atoms with Crippen molar-refractivity contribution in [2.45, 2.75) is 13.8 Å². The number of likely N-dealkylation sites (N-methyl/N-ethyl adjacent to an activating group) is 2. The van der Waals surface area contributed by atoms with Crippen LogP contribution in [-0.2, 0) is 16.6 Å². The quantitative estimate of drug-likeness (QED) is 0.633. The number of benzene rings is 1. The summed E-state index contributed by atoms with van der Waals surface area (Å²) >= 11 is 5.91. The van der Waals surface area contributed by atoms with Crippen LogP contribution in [0.4, 0.5) is 5.82 Å². The molecule has 1 atom stereocenters. The average Bonchev–Trinajstić information content (AvgIpc) is 2.95. The first-order chi connectivity index (χ1) is 12.4. The van der Waals surface area contributed by atoms with E-state index in [1.165, 1.54) is 0 Å². The minimum absolute atomic E-state index is 0.0530. The first kappa shape index (κ1) is 19.9. The molecule has 2 aromatic rings. The van der Waals surface area contributed by atoms with Gasteiger partial charge in [0.05, 0.1) is 12.2 Å². The van der Waals surface area contributed by atoms with Gasteiger partial charge in [-0.05, 0) is 26.0 Å². The Morgan fingerprint density at radius 3 is 2.42 bits per heavy atom. The van der Waals surface area contributed by atoms with Crippen LogP contribution in [0.2, 0.25) is 5.02 Å². The molecule has 7 nitrogen and oxygen atoms in total. The lowest BCUT2D eigenvalue weighted by Gasteiger charge is -2.16. The van der Waals surface area contributed by atoms with Crippen molar-refractivity contribution in [2.24, 2.45) is 7.05 Å². The SMILES string of the molecule is CCNC(=O)C[NH+](CC)CC(=O)Nc1cc(-c2ccc(Cl)cc2)nn1C. The second-order valence-electron chi connectivity index (χ2n) is 6.00. The zero-order valence-electron chi connectivity index (χ0n) is 15.3. The molecule has 26 heavy (non-hydrogen) atoms. The molecule has 1 aromatic carbocycles. The summed E-state index contributed by atoms with van der Waals surface area (Å²) in [5.74, 6) is 0.396. The number of aryl methyl sites for hydroxylation is 1. The minimum atomic E-state index is -0.156. The van der Waals surface area contributed by atoms with Crippen molar-refractivity contribution >= 4 is 29.2 Å². The number of hydrogen-bond acceptors (Lipinski definition) is 3. The summed E-state index contributed by atoms with van der Waals surface area (Å²) in [6.45, 7) is 5.59. The van der Waals surface area contributed by atoms with Gasteiger partial charge in [-0.1, -0.05) is 23.7 Å². The van der Waals surface area contributed by atoms with Crippen LogP contribution in [-0.4, -0.2) is 47.8 Å². The molecule has 1 aromatic heterocycles. The van der Waals surface area contributed by atoms with E-state index in [1.807, 2.05) is 32.0 Å². The molecule has 0 spiro atoms. The number of rotatable bonds is 8. The van der Waals surface area contributed by atoms with Gasteiger partial charge in [0.15, 0.2) is 13.1 Å². The summed E-state index contributed by atoms with van der Waals surface area (Å²) in [5, 5.41) is 10.7. The maximum absolute atomic E-state index is 12.3. The normalized spacial score (nSPS) is 11.8. The largest absolute Gasteiger partial charge is 0.351 e. The van der Waals surface area contributed by atoms with Crippen LogP contribution < -0.4 is 15.5 Å². The molecule has 0 bridgehead atoms. The van der Waals surface area contributed by atoms with Gasteiger partial charge in [0.2, 0.25) is 0 Å². The van der Waals surface area contributed by atoms with Gasteiger partial charge in [-0.2, -0.15) is 5.10 Å². The summed E-state index contributed by atoms with van der Waals surface area (Å²) < 4.78 is 1.62. The van der Waals surface area contributed by atoms with Gasteiger partial charge >= 0.3 is 0 Å². The molecule has 0 aliphatic carbocycles. The second kappa shape index (κ2) is 9.35. The molecular formula is C18H25ClN5O2+. The van der Waals surface area contributed by atoms with E-state index in [-0.39, 0.29) is 24.9 Å². The highest BCUT2D eigenvalue weighted by molar-refractivity contribution is 6.30. The van der Waals surface area contributed by atoms with Crippen LogP contribution in [0.25, 0.3) is 11.3 Å². The Morgan fingerprint density at radius 2 is 1.81 bits per heavy atom. The smallest absolute Gasteiger partial charge is 0.280 e. The van der Waals surface area contributed by atoms with E-state index in [2.05, 4.69) is 15.7 Å². The number of quaternary nitrogens is 1. The summed E-state index contributed by atoms with van der Waals surface area (Å²) in [7, 11) is 1.77. The van der Waals surface area contributed by atoms with E-state index in [4.69, 9.17) is 11.6 Å². The molecule has 1 heterocycles. The Bertz CT molecular complexity index is 757. The van der Waals surface area contributed by atoms with E-state index in [0.29, 0.717) is 23.9 Å². The zero-order chi connectivity index (χ0) is 19.1. The summed E-state index contributed by atoms with van der Waals surface area (Å²) in [6.07, 6.45) is 0. The predicted octanol–water partition coefficient (Wildman–Crippen LogP) is 0.720. The number of halogens is 1. The number of nitrogens with one attached hydrogen (secondary N) is 3. The van der Waals surface area contributed by atoms with Gasteiger partial charge in [-0.15, -0.1) is 0 Å². The number of carbonyl (C=O) groups excluding carboxylic acids is 2. The Labute approximate surface area is 158 Å². The summed E-state index contributed by atoms with van der Waals surface area (Å²) in [5.41, 5.74) is 1.67. The second-order valence-corrected chi connectivity index (χ2v) is 6.44. The van der Waals surface area contributed by atoms with Crippen LogP contribution in [0.1, 0.15) is 13.8 Å². The number of hydrogen-bond donors (Lipinski definition) is 3. The Hall–Kier alpha value is -2.38. The van der Waals surface area contributed by atoms with Crippen molar-refractivity contribution < 1.29 is 14.5 Å². The Morgan fingerprint density at radius 1 is 1.15 bits per heavy atom. The van der Waals surface area contributed by atoms with Gasteiger partial charge < -0.3 is 15.5 Å². The lowest BCUT2D eigenvalue weighted by atomic mass is 10.1. The predicted molar refractivity (Wildman–Crippen MR) is 102 cm³/mol. The molecule has 0 radical (unpaired) electrons. The first-order valence-corrected chi connectivity index (χ1v) is 9.00. The van der Waals surface area contributed by atoms with E-state index < -0.39 is 0 Å². The molecular weight excluding hydrogens is 354 g/mol. The van der Waals surface area contributed by atoms with Crippen LogP contribution in [0.3, 0.4) is 0 Å². The average molecular weight is 379 g/mol. The summed E-state index contributed by atoms with van der Waals surface area (Å²) in [4.78, 5) is 24.9. The number of aromatic nitrogens is 2. The minimum Gasteiger partial charge on any atom is -0.351 e. The summed E-state index contributed by atoms with van der Waals surface area (Å²) in [6, 6.07) is 9.18. The molecule has 8 heteroatoms. The fraction of sp³-hybridized carbons (Fsp3) is 0.389. The molecule has 2 amide bonds. The number of carbonyl (C=O) groups is 2. The van der Waals surface area contributed by atoms with E-state index in [1.54, 1.807) is 23.9 Å². The van der Waals surface area contributed by atoms with Crippen LogP contribution >= 0.6 is 11.6 Å². The highest BCUT2D eigenvalue weighted by Crippen LogP contribution is 2.22. The Balaban J connectivity index is 2.00. The van der Waals surface area contributed by atoms with Crippen LogP contribution in [0.5, 0.6) is 0 Å². The van der Waals surface area contributed by atoms with Gasteiger partial charge in [0.25, 0.3) is 11.8 Å². The highest BCUT2D eigenvalue weighted by atomic mass is 35.5. The number of nitrogens with zero attached hydrogens (tertiary/aromatic N) is 2. The third kappa shape index (κ3) is 5.57. The van der Waals surface area contributed by atoms with Gasteiger partial charge in [0, 0.05) is 30.2 Å². The van der Waals surface area contributed by atoms with Crippen molar-refractivity contribution in [3.8, 4) is 11.3 Å². The molecule has 0 aliphatic heterocycles. The monoisotopic (exact) mass is 378 g/mol. The third-order valence-corrected chi connectivity index (χ3v) is 4.23. The van der Waals surface area contributed by atoms with Crippen LogP contribution in [0, 0.1) is 0 Å². The molecule has 0 saturated carbocycles. The van der Waals surface area contributed by atoms with Gasteiger partial charge in [0.1, 0.15) is 5.82 Å². The fourth-order valence-corrected chi connectivity index (χ4v) is 2.69. The van der Waals surface area contributed by atoms with Crippen molar-refractivity contribution in [2.75, 3.05) is 31.5 Å². The van der Waals surface area contributed by atoms with Crippen molar-refractivity contribution in [3.05, 3.63) is 35.4 Å². The first-order valence-electron chi connectivity index (χ1n) is 8.63. The lowest BCUT2D eigenvalue weighted by molar-refractivity contribution is -0.881. The maximum atomic E-state index is 12.3. The fourth-order valence-electron chi connectivity index (χ4n) is 2.56. The van der Waals surface area contributed by atoms with Crippen molar-refractivity contribution in [3.63, 3.8) is 0 Å². The number of amides is 2. The van der Waals surface area contributed by atoms with E-state index in [0.717, 1.165) is 16.2 Å². The van der Waals surface area contributed by atoms with Gasteiger partial charge in [-0.3, -0.25) is 14.3 Å². The topological polar surface area (TPSA) is 80.5 Å². The number of anilines is 1. The standard InChI is InChI=1S/C18H24ClN5O2/c1-4-20-17(25)11-24(5-2)12-18(26)21-16-10-15(22-23(16)3)13-6-8-14(19)9-7-13/h6-10H,4-5,11-12H2,1-3H3,(H,20,25)(H,21,26)/p+1. The van der Waals surface area contributed by atoms with Crippen LogP contribution in [0.15, 0.2) is 30.3 Å². The zero-order valence-corrected chi connectivity index (χ0v) is 16.1. The molecule has 1 unspecified atom stereocenters. The molecule has 0 aliphatic rings. The molecule has 140 valence electrons. The lowest BCUT2D eigenvalue weighted by Crippen LogP contribution is -3.14. The van der Waals surface area contributed by atoms with Gasteiger partial charge in [-0.25, -0.2) is 0 Å². The molecule has 3 N–H and O–H groups in total. The molecule has 0 saturated heterocycles. The van der Waals surface area contributed by atoms with Crippen molar-refractivity contribution in [1.82, 2.24) is 15.1 Å². The van der Waals surface area contributed by atoms with Crippen molar-refractivity contribution in [1.29, 1.82) is 0 Å². The van der Waals surface area contributed by atoms with E-state index >= 15 is 0 Å². The molecule has 2 rings (SSSR count). The highest BCUT2D eigenvalue weighted by Gasteiger charge is 2.17. The molecule has 0 fully saturated rings. The Kier molecular flexibility index (Phi) is 7.17.